The first kappa shape index (κ1) is 27.1. The Balaban J connectivity index is 1.81. The normalized spacial score (nSPS) is 11.7. The average Bonchev–Trinajstić information content (AvgIpc) is 2.85. The van der Waals surface area contributed by atoms with Gasteiger partial charge in [-0.25, -0.2) is 4.39 Å². The molecule has 184 valence electrons. The quantitative estimate of drug-likeness (QED) is 0.322. The van der Waals surface area contributed by atoms with E-state index in [2.05, 4.69) is 5.32 Å². The van der Waals surface area contributed by atoms with Crippen LogP contribution in [-0.4, -0.2) is 35.1 Å². The number of amides is 2. The zero-order valence-corrected chi connectivity index (χ0v) is 21.7. The molecule has 0 aliphatic heterocycles. The fraction of sp³-hybridized carbons (Fsp3) is 0.259. The van der Waals surface area contributed by atoms with Crippen LogP contribution in [0.3, 0.4) is 0 Å². The highest BCUT2D eigenvalue weighted by Gasteiger charge is 2.30. The minimum Gasteiger partial charge on any atom is -0.355 e. The van der Waals surface area contributed by atoms with Crippen molar-refractivity contribution in [3.63, 3.8) is 0 Å². The van der Waals surface area contributed by atoms with Crippen molar-refractivity contribution in [2.24, 2.45) is 0 Å². The number of hydrogen-bond donors (Lipinski definition) is 1. The summed E-state index contributed by atoms with van der Waals surface area (Å²) in [5.41, 5.74) is 2.65. The van der Waals surface area contributed by atoms with Crippen LogP contribution in [0.25, 0.3) is 0 Å². The summed E-state index contributed by atoms with van der Waals surface area (Å²) in [7, 11) is 0. The predicted octanol–water partition coefficient (Wildman–Crippen LogP) is 6.14. The van der Waals surface area contributed by atoms with Crippen molar-refractivity contribution < 1.29 is 14.0 Å². The second-order valence-corrected chi connectivity index (χ2v) is 9.79. The van der Waals surface area contributed by atoms with Crippen molar-refractivity contribution in [1.29, 1.82) is 0 Å². The van der Waals surface area contributed by atoms with Gasteiger partial charge in [-0.2, -0.15) is 0 Å². The summed E-state index contributed by atoms with van der Waals surface area (Å²) in [4.78, 5) is 28.2. The van der Waals surface area contributed by atoms with Crippen molar-refractivity contribution in [2.45, 2.75) is 31.7 Å². The third-order valence-corrected chi connectivity index (χ3v) is 7.09. The molecule has 1 unspecified atom stereocenters. The van der Waals surface area contributed by atoms with Crippen LogP contribution in [0.15, 0.2) is 72.8 Å². The van der Waals surface area contributed by atoms with Crippen LogP contribution < -0.4 is 5.32 Å². The topological polar surface area (TPSA) is 49.4 Å². The van der Waals surface area contributed by atoms with E-state index in [1.54, 1.807) is 29.2 Å². The molecule has 0 saturated carbocycles. The minimum absolute atomic E-state index is 0.173. The van der Waals surface area contributed by atoms with Crippen molar-refractivity contribution in [3.8, 4) is 0 Å². The van der Waals surface area contributed by atoms with Crippen molar-refractivity contribution in [3.05, 3.63) is 105 Å². The predicted molar refractivity (Wildman–Crippen MR) is 142 cm³/mol. The summed E-state index contributed by atoms with van der Waals surface area (Å²) >= 11 is 13.5. The highest BCUT2D eigenvalue weighted by atomic mass is 35.5. The third kappa shape index (κ3) is 8.27. The van der Waals surface area contributed by atoms with Crippen LogP contribution in [0.1, 0.15) is 23.6 Å². The minimum atomic E-state index is -0.708. The summed E-state index contributed by atoms with van der Waals surface area (Å²) in [6.07, 6.45) is 0.372. The van der Waals surface area contributed by atoms with Gasteiger partial charge in [-0.1, -0.05) is 71.7 Å². The first-order valence-electron chi connectivity index (χ1n) is 11.2. The fourth-order valence-corrected chi connectivity index (χ4v) is 4.78. The molecule has 0 aromatic heterocycles. The third-order valence-electron chi connectivity index (χ3n) is 5.37. The summed E-state index contributed by atoms with van der Waals surface area (Å²) in [6, 6.07) is 20.2. The zero-order chi connectivity index (χ0) is 25.2. The summed E-state index contributed by atoms with van der Waals surface area (Å²) in [5.74, 6) is -0.00911. The van der Waals surface area contributed by atoms with Gasteiger partial charge in [0.25, 0.3) is 0 Å². The molecule has 3 aromatic carbocycles. The lowest BCUT2D eigenvalue weighted by molar-refractivity contribution is -0.139. The number of nitrogens with zero attached hydrogens (tertiary/aromatic N) is 1. The molecule has 4 nitrogen and oxygen atoms in total. The van der Waals surface area contributed by atoms with Gasteiger partial charge in [0.15, 0.2) is 0 Å². The molecule has 0 fully saturated rings. The van der Waals surface area contributed by atoms with Gasteiger partial charge < -0.3 is 10.2 Å². The highest BCUT2D eigenvalue weighted by molar-refractivity contribution is 7.99. The van der Waals surface area contributed by atoms with Crippen LogP contribution in [0.2, 0.25) is 10.0 Å². The lowest BCUT2D eigenvalue weighted by atomic mass is 10.0. The molecular formula is C27H27Cl2FN2O2S. The fourth-order valence-electron chi connectivity index (χ4n) is 3.60. The van der Waals surface area contributed by atoms with E-state index in [1.165, 1.54) is 23.9 Å². The first-order chi connectivity index (χ1) is 16.9. The Labute approximate surface area is 219 Å². The molecule has 0 aliphatic carbocycles. The van der Waals surface area contributed by atoms with Gasteiger partial charge in [-0.15, -0.1) is 11.8 Å². The molecule has 0 radical (unpaired) electrons. The lowest BCUT2D eigenvalue weighted by Gasteiger charge is -2.31. The molecule has 0 bridgehead atoms. The van der Waals surface area contributed by atoms with E-state index < -0.39 is 6.04 Å². The molecule has 0 aliphatic rings. The summed E-state index contributed by atoms with van der Waals surface area (Å²) < 4.78 is 13.5. The maximum atomic E-state index is 13.5. The van der Waals surface area contributed by atoms with E-state index in [1.807, 2.05) is 43.3 Å². The van der Waals surface area contributed by atoms with Gasteiger partial charge >= 0.3 is 0 Å². The van der Waals surface area contributed by atoms with Gasteiger partial charge in [-0.3, -0.25) is 9.59 Å². The second-order valence-electron chi connectivity index (χ2n) is 7.99. The highest BCUT2D eigenvalue weighted by Crippen LogP contribution is 2.25. The molecule has 0 spiro atoms. The molecule has 1 atom stereocenters. The number of benzene rings is 3. The van der Waals surface area contributed by atoms with E-state index in [-0.39, 0.29) is 29.9 Å². The summed E-state index contributed by atoms with van der Waals surface area (Å²) in [6.45, 7) is 2.49. The van der Waals surface area contributed by atoms with E-state index in [0.29, 0.717) is 28.8 Å². The van der Waals surface area contributed by atoms with E-state index in [9.17, 15) is 14.0 Å². The lowest BCUT2D eigenvalue weighted by Crippen LogP contribution is -2.51. The Morgan fingerprint density at radius 2 is 1.63 bits per heavy atom. The van der Waals surface area contributed by atoms with Crippen molar-refractivity contribution in [1.82, 2.24) is 10.2 Å². The van der Waals surface area contributed by atoms with Gasteiger partial charge in [-0.05, 0) is 47.9 Å². The Kier molecular flexibility index (Phi) is 10.5. The second kappa shape index (κ2) is 13.5. The number of nitrogens with one attached hydrogen (secondary N) is 1. The molecule has 0 saturated heterocycles. The molecular weight excluding hydrogens is 506 g/mol. The molecule has 0 heterocycles. The molecule has 35 heavy (non-hydrogen) atoms. The number of likely N-dealkylation sites (N-methyl/N-ethyl adjacent to an activating group) is 1. The van der Waals surface area contributed by atoms with Crippen molar-refractivity contribution >= 4 is 46.8 Å². The van der Waals surface area contributed by atoms with Gasteiger partial charge in [0.05, 0.1) is 15.8 Å². The monoisotopic (exact) mass is 532 g/mol. The van der Waals surface area contributed by atoms with Crippen LogP contribution in [0, 0.1) is 5.82 Å². The molecule has 8 heteroatoms. The van der Waals surface area contributed by atoms with Crippen molar-refractivity contribution in [2.75, 3.05) is 12.3 Å². The number of hydrogen-bond acceptors (Lipinski definition) is 3. The molecule has 2 amide bonds. The average molecular weight is 533 g/mol. The van der Waals surface area contributed by atoms with E-state index in [0.717, 1.165) is 16.7 Å². The van der Waals surface area contributed by atoms with Gasteiger partial charge in [0.2, 0.25) is 11.8 Å². The Morgan fingerprint density at radius 1 is 0.943 bits per heavy atom. The maximum absolute atomic E-state index is 13.5. The Hall–Kier alpha value is -2.54. The zero-order valence-electron chi connectivity index (χ0n) is 19.3. The first-order valence-corrected chi connectivity index (χ1v) is 13.2. The Bertz CT molecular complexity index is 1130. The number of carbonyl (C=O) groups is 2. The van der Waals surface area contributed by atoms with E-state index in [4.69, 9.17) is 23.2 Å². The van der Waals surface area contributed by atoms with Gasteiger partial charge in [0.1, 0.15) is 11.9 Å². The maximum Gasteiger partial charge on any atom is 0.243 e. The number of halogens is 3. The number of carbonyl (C=O) groups excluding carboxylic acids is 2. The standard InChI is InChI=1S/C27H27Cl2FN2O2S/c1-2-31-27(34)25(15-19-6-4-3-5-7-19)32(16-20-8-11-22(30)12-9-20)26(33)18-35-17-21-10-13-23(28)24(29)14-21/h3-14,25H,2,15-18H2,1H3,(H,31,34). The molecule has 3 aromatic rings. The SMILES string of the molecule is CCNC(=O)C(Cc1ccccc1)N(Cc1ccc(F)cc1)C(=O)CSCc1ccc(Cl)c(Cl)c1. The van der Waals surface area contributed by atoms with Crippen LogP contribution >= 0.6 is 35.0 Å². The Morgan fingerprint density at radius 3 is 2.29 bits per heavy atom. The van der Waals surface area contributed by atoms with Crippen LogP contribution in [0.5, 0.6) is 0 Å². The van der Waals surface area contributed by atoms with Gasteiger partial charge in [0, 0.05) is 25.3 Å². The van der Waals surface area contributed by atoms with Crippen LogP contribution in [-0.2, 0) is 28.3 Å². The number of rotatable bonds is 11. The summed E-state index contributed by atoms with van der Waals surface area (Å²) in [5, 5.41) is 3.81. The number of thioether (sulfide) groups is 1. The molecule has 3 rings (SSSR count). The largest absolute Gasteiger partial charge is 0.355 e. The molecule has 1 N–H and O–H groups in total. The van der Waals surface area contributed by atoms with E-state index >= 15 is 0 Å². The van der Waals surface area contributed by atoms with Crippen LogP contribution in [0.4, 0.5) is 4.39 Å². The smallest absolute Gasteiger partial charge is 0.243 e.